The van der Waals surface area contributed by atoms with Crippen LogP contribution in [0.5, 0.6) is 11.6 Å². The SMILES string of the molecule is CC[C@@H]1[C@@H]2CN(C(=O)[C@H](C(C)(C)C)NC(=O)O[C@]3(C)CCC[C@H]3CCCCCCc3nc4ccc(OC)cc4nc3O2)[C@@H]1C(=O)N[C@]1(C(=O)NS(=O)(=O)C2(C)CC2)C[C@H]1CCF. The molecule has 17 heteroatoms. The van der Waals surface area contributed by atoms with Crippen molar-refractivity contribution in [3.63, 3.8) is 0 Å². The molecular formula is C45H65FN6O9S. The van der Waals surface area contributed by atoms with Gasteiger partial charge in [0.1, 0.15) is 40.8 Å². The summed E-state index contributed by atoms with van der Waals surface area (Å²) in [7, 11) is -2.53. The van der Waals surface area contributed by atoms with E-state index in [9.17, 15) is 27.2 Å². The van der Waals surface area contributed by atoms with Crippen molar-refractivity contribution in [3.8, 4) is 11.6 Å². The normalized spacial score (nSPS) is 31.5. The Bertz CT molecular complexity index is 2160. The lowest BCUT2D eigenvalue weighted by Crippen LogP contribution is -2.61. The lowest BCUT2D eigenvalue weighted by atomic mass is 9.85. The second-order valence-electron chi connectivity index (χ2n) is 19.9. The molecule has 15 nitrogen and oxygen atoms in total. The zero-order chi connectivity index (χ0) is 44.8. The molecule has 8 atom stereocenters. The summed E-state index contributed by atoms with van der Waals surface area (Å²) in [5.74, 6) is -2.51. The second kappa shape index (κ2) is 17.4. The van der Waals surface area contributed by atoms with Crippen LogP contribution >= 0.6 is 0 Å². The maximum absolute atomic E-state index is 15.2. The molecule has 1 aromatic heterocycles. The average molecular weight is 885 g/mol. The Hall–Kier alpha value is -4.28. The van der Waals surface area contributed by atoms with E-state index in [2.05, 4.69) is 15.4 Å². The van der Waals surface area contributed by atoms with Gasteiger partial charge in [0, 0.05) is 12.0 Å². The molecule has 2 bridgehead atoms. The Morgan fingerprint density at radius 3 is 2.44 bits per heavy atom. The Balaban J connectivity index is 1.28. The van der Waals surface area contributed by atoms with Gasteiger partial charge in [-0.2, -0.15) is 0 Å². The molecule has 1 aromatic carbocycles. The number of rotatable bonds is 9. The Kier molecular flexibility index (Phi) is 12.8. The van der Waals surface area contributed by atoms with Gasteiger partial charge in [0.25, 0.3) is 5.91 Å². The minimum Gasteiger partial charge on any atom is -0.497 e. The number of carbonyl (C=O) groups excluding carboxylic acids is 4. The van der Waals surface area contributed by atoms with Crippen LogP contribution in [0.1, 0.15) is 131 Å². The number of nitrogens with zero attached hydrogens (tertiary/aromatic N) is 3. The Morgan fingerprint density at radius 1 is 1.03 bits per heavy atom. The van der Waals surface area contributed by atoms with E-state index in [0.29, 0.717) is 54.6 Å². The summed E-state index contributed by atoms with van der Waals surface area (Å²) in [6, 6.07) is 3.04. The van der Waals surface area contributed by atoms with E-state index in [1.807, 2.05) is 46.8 Å². The van der Waals surface area contributed by atoms with Crippen LogP contribution in [-0.2, 0) is 35.6 Å². The van der Waals surface area contributed by atoms with Gasteiger partial charge in [-0.3, -0.25) is 23.5 Å². The van der Waals surface area contributed by atoms with Crippen molar-refractivity contribution in [2.75, 3.05) is 20.3 Å². The number of carbonyl (C=O) groups is 4. The fourth-order valence-electron chi connectivity index (χ4n) is 10.0. The van der Waals surface area contributed by atoms with Gasteiger partial charge in [-0.05, 0) is 114 Å². The minimum absolute atomic E-state index is 0.0232. The predicted octanol–water partition coefficient (Wildman–Crippen LogP) is 6.06. The van der Waals surface area contributed by atoms with Crippen LogP contribution in [0.2, 0.25) is 0 Å². The lowest BCUT2D eigenvalue weighted by molar-refractivity contribution is -0.144. The largest absolute Gasteiger partial charge is 0.497 e. The third kappa shape index (κ3) is 9.06. The molecule has 3 heterocycles. The third-order valence-corrected chi connectivity index (χ3v) is 16.6. The molecule has 0 spiro atoms. The molecule has 4 fully saturated rings. The molecule has 342 valence electrons. The quantitative estimate of drug-likeness (QED) is 0.265. The number of fused-ring (bicyclic) bond motifs is 5. The summed E-state index contributed by atoms with van der Waals surface area (Å²) in [4.78, 5) is 69.3. The molecule has 62 heavy (non-hydrogen) atoms. The van der Waals surface area contributed by atoms with Crippen LogP contribution in [0.25, 0.3) is 11.0 Å². The average Bonchev–Trinajstić information content (AvgIpc) is 4.05. The van der Waals surface area contributed by atoms with E-state index in [4.69, 9.17) is 24.2 Å². The van der Waals surface area contributed by atoms with E-state index in [0.717, 1.165) is 44.9 Å². The number of ether oxygens (including phenoxy) is 3. The van der Waals surface area contributed by atoms with Gasteiger partial charge in [-0.1, -0.05) is 47.0 Å². The van der Waals surface area contributed by atoms with Crippen molar-refractivity contribution in [2.45, 2.75) is 166 Å². The van der Waals surface area contributed by atoms with Gasteiger partial charge in [-0.15, -0.1) is 0 Å². The van der Waals surface area contributed by atoms with Crippen LogP contribution in [0.4, 0.5) is 9.18 Å². The number of hydrogen-bond donors (Lipinski definition) is 3. The second-order valence-corrected chi connectivity index (χ2v) is 22.1. The summed E-state index contributed by atoms with van der Waals surface area (Å²) in [5.41, 5.74) is -1.44. The highest BCUT2D eigenvalue weighted by atomic mass is 32.2. The molecule has 0 unspecified atom stereocenters. The molecule has 3 N–H and O–H groups in total. The van der Waals surface area contributed by atoms with Crippen LogP contribution < -0.4 is 24.8 Å². The van der Waals surface area contributed by atoms with Gasteiger partial charge in [-0.25, -0.2) is 23.2 Å². The number of sulfonamides is 1. The summed E-state index contributed by atoms with van der Waals surface area (Å²) >= 11 is 0. The summed E-state index contributed by atoms with van der Waals surface area (Å²) in [6.07, 6.45) is 7.29. The van der Waals surface area contributed by atoms with E-state index in [1.165, 1.54) is 4.90 Å². The van der Waals surface area contributed by atoms with Gasteiger partial charge >= 0.3 is 6.09 Å². The number of halogens is 1. The number of alkyl carbamates (subject to hydrolysis) is 1. The molecule has 0 radical (unpaired) electrons. The van der Waals surface area contributed by atoms with Crippen LogP contribution in [0.3, 0.4) is 0 Å². The standard InChI is InChI=1S/C45H65FN6O9S/c1-8-30-34-26-52(35(30)37(53)50-45(25-28(45)19-23-46)40(55)51-62(57,58)43(5)21-22-43)39(54)36(42(2,3)4)49-41(56)61-44(6)20-13-15-27(44)14-11-9-10-12-16-32-38(60-34)48-33-24-29(59-7)17-18-31(33)47-32/h17-18,24,27-28,30,34-36H,8-16,19-23,25-26H2,1-7H3,(H,49,56)(H,50,53)(H,51,55)/t27-,28-,30-,34+,35+,36-,44-,45-/m1/s1. The first kappa shape index (κ1) is 45.7. The van der Waals surface area contributed by atoms with Gasteiger partial charge in [0.15, 0.2) is 0 Å². The lowest BCUT2D eigenvalue weighted by Gasteiger charge is -2.37. The van der Waals surface area contributed by atoms with Crippen molar-refractivity contribution < 1.29 is 46.2 Å². The molecule has 1 saturated heterocycles. The van der Waals surface area contributed by atoms with Crippen molar-refractivity contribution in [3.05, 3.63) is 23.9 Å². The maximum atomic E-state index is 15.2. The van der Waals surface area contributed by atoms with Crippen LogP contribution in [0, 0.1) is 23.2 Å². The Labute approximate surface area is 364 Å². The van der Waals surface area contributed by atoms with Crippen molar-refractivity contribution in [1.82, 2.24) is 30.2 Å². The third-order valence-electron chi connectivity index (χ3n) is 14.4. The number of hydrogen-bond acceptors (Lipinski definition) is 11. The fraction of sp³-hybridized carbons (Fsp3) is 0.733. The molecule has 3 saturated carbocycles. The molecule has 4 amide bonds. The topological polar surface area (TPSA) is 195 Å². The van der Waals surface area contributed by atoms with Gasteiger partial charge in [0.2, 0.25) is 27.7 Å². The first-order valence-corrected chi connectivity index (χ1v) is 24.0. The molecule has 5 aliphatic rings. The number of aryl methyl sites for hydroxylation is 1. The maximum Gasteiger partial charge on any atom is 0.408 e. The number of benzene rings is 1. The minimum atomic E-state index is -4.09. The van der Waals surface area contributed by atoms with Crippen molar-refractivity contribution in [1.29, 1.82) is 0 Å². The first-order chi connectivity index (χ1) is 29.3. The fourth-order valence-corrected chi connectivity index (χ4v) is 11.3. The van der Waals surface area contributed by atoms with E-state index in [1.54, 1.807) is 20.1 Å². The number of aromatic nitrogens is 2. The number of alkyl halides is 1. The highest BCUT2D eigenvalue weighted by molar-refractivity contribution is 7.91. The van der Waals surface area contributed by atoms with Crippen LogP contribution in [-0.4, -0.2) is 102 Å². The zero-order valence-electron chi connectivity index (χ0n) is 37.3. The molecular weight excluding hydrogens is 820 g/mol. The van der Waals surface area contributed by atoms with E-state index >= 15 is 4.79 Å². The molecule has 2 aliphatic heterocycles. The summed E-state index contributed by atoms with van der Waals surface area (Å²) in [5, 5.41) is 5.75. The van der Waals surface area contributed by atoms with Crippen molar-refractivity contribution >= 4 is 44.9 Å². The van der Waals surface area contributed by atoms with E-state index < -0.39 is 91.8 Å². The molecule has 7 rings (SSSR count). The Morgan fingerprint density at radius 2 is 1.76 bits per heavy atom. The summed E-state index contributed by atoms with van der Waals surface area (Å²) < 4.78 is 60.0. The highest BCUT2D eigenvalue weighted by Gasteiger charge is 2.64. The predicted molar refractivity (Wildman–Crippen MR) is 229 cm³/mol. The number of nitrogens with one attached hydrogen (secondary N) is 3. The van der Waals surface area contributed by atoms with E-state index in [-0.39, 0.29) is 31.2 Å². The highest BCUT2D eigenvalue weighted by Crippen LogP contribution is 2.49. The van der Waals surface area contributed by atoms with Crippen LogP contribution in [0.15, 0.2) is 18.2 Å². The number of amides is 4. The molecule has 2 aromatic rings. The summed E-state index contributed by atoms with van der Waals surface area (Å²) in [6.45, 7) is 9.98. The van der Waals surface area contributed by atoms with Gasteiger partial charge < -0.3 is 29.7 Å². The van der Waals surface area contributed by atoms with Crippen molar-refractivity contribution in [2.24, 2.45) is 23.2 Å². The number of methoxy groups -OCH3 is 1. The monoisotopic (exact) mass is 884 g/mol. The zero-order valence-corrected chi connectivity index (χ0v) is 38.1. The van der Waals surface area contributed by atoms with Gasteiger partial charge in [0.05, 0.1) is 36.1 Å². The smallest absolute Gasteiger partial charge is 0.408 e. The molecule has 3 aliphatic carbocycles. The first-order valence-electron chi connectivity index (χ1n) is 22.5.